The SMILES string of the molecule is Cc1cc2ccccc2c(/C=N/NC(N)=S)n1. The highest BCUT2D eigenvalue weighted by atomic mass is 32.1. The average Bonchev–Trinajstić information content (AvgIpc) is 2.28. The molecule has 0 aliphatic carbocycles. The van der Waals surface area contributed by atoms with Gasteiger partial charge in [-0.05, 0) is 30.6 Å². The van der Waals surface area contributed by atoms with Crippen molar-refractivity contribution < 1.29 is 0 Å². The van der Waals surface area contributed by atoms with Crippen molar-refractivity contribution in [3.63, 3.8) is 0 Å². The first-order chi connectivity index (χ1) is 8.16. The van der Waals surface area contributed by atoms with Crippen LogP contribution in [0.3, 0.4) is 0 Å². The second kappa shape index (κ2) is 4.88. The van der Waals surface area contributed by atoms with Crippen LogP contribution in [0.1, 0.15) is 11.4 Å². The fraction of sp³-hybridized carbons (Fsp3) is 0.0833. The van der Waals surface area contributed by atoms with E-state index in [-0.39, 0.29) is 5.11 Å². The van der Waals surface area contributed by atoms with Gasteiger partial charge in [-0.1, -0.05) is 24.3 Å². The summed E-state index contributed by atoms with van der Waals surface area (Å²) < 4.78 is 0. The molecule has 0 saturated carbocycles. The number of fused-ring (bicyclic) bond motifs is 1. The molecule has 0 saturated heterocycles. The van der Waals surface area contributed by atoms with E-state index < -0.39 is 0 Å². The van der Waals surface area contributed by atoms with Gasteiger partial charge in [0.1, 0.15) is 0 Å². The van der Waals surface area contributed by atoms with E-state index in [9.17, 15) is 0 Å². The van der Waals surface area contributed by atoms with Gasteiger partial charge in [0.2, 0.25) is 0 Å². The molecule has 1 aromatic heterocycles. The number of pyridine rings is 1. The molecular formula is C12H12N4S. The lowest BCUT2D eigenvalue weighted by Gasteiger charge is -2.03. The molecule has 0 fully saturated rings. The van der Waals surface area contributed by atoms with E-state index in [2.05, 4.69) is 27.7 Å². The molecule has 0 bridgehead atoms. The first-order valence-electron chi connectivity index (χ1n) is 5.12. The summed E-state index contributed by atoms with van der Waals surface area (Å²) in [4.78, 5) is 4.42. The number of rotatable bonds is 2. The average molecular weight is 244 g/mol. The molecule has 0 amide bonds. The highest BCUT2D eigenvalue weighted by molar-refractivity contribution is 7.80. The summed E-state index contributed by atoms with van der Waals surface area (Å²) in [6.45, 7) is 1.95. The molecule has 2 aromatic rings. The van der Waals surface area contributed by atoms with Crippen LogP contribution >= 0.6 is 12.2 Å². The molecule has 1 aromatic carbocycles. The molecule has 0 unspecified atom stereocenters. The fourth-order valence-corrected chi connectivity index (χ4v) is 1.67. The summed E-state index contributed by atoms with van der Waals surface area (Å²) in [5.74, 6) is 0. The van der Waals surface area contributed by atoms with E-state index in [0.29, 0.717) is 0 Å². The molecule has 17 heavy (non-hydrogen) atoms. The van der Waals surface area contributed by atoms with Gasteiger partial charge in [-0.3, -0.25) is 10.4 Å². The molecule has 0 spiro atoms. The minimum absolute atomic E-state index is 0.137. The van der Waals surface area contributed by atoms with Gasteiger partial charge in [-0.15, -0.1) is 0 Å². The molecule has 0 aliphatic heterocycles. The van der Waals surface area contributed by atoms with Crippen LogP contribution in [0, 0.1) is 6.92 Å². The van der Waals surface area contributed by atoms with Gasteiger partial charge in [0.05, 0.1) is 11.9 Å². The number of hydrogen-bond acceptors (Lipinski definition) is 3. The number of aromatic nitrogens is 1. The Morgan fingerprint density at radius 2 is 2.24 bits per heavy atom. The fourth-order valence-electron chi connectivity index (χ4n) is 1.62. The van der Waals surface area contributed by atoms with Crippen molar-refractivity contribution >= 4 is 34.3 Å². The maximum absolute atomic E-state index is 5.29. The predicted molar refractivity (Wildman–Crippen MR) is 74.0 cm³/mol. The zero-order valence-electron chi connectivity index (χ0n) is 9.34. The van der Waals surface area contributed by atoms with Gasteiger partial charge in [0.25, 0.3) is 0 Å². The van der Waals surface area contributed by atoms with Crippen LogP contribution in [0.2, 0.25) is 0 Å². The normalized spacial score (nSPS) is 10.9. The molecule has 5 heteroatoms. The molecule has 86 valence electrons. The number of aryl methyl sites for hydroxylation is 1. The Kier molecular flexibility index (Phi) is 3.30. The van der Waals surface area contributed by atoms with Gasteiger partial charge in [0.15, 0.2) is 5.11 Å². The van der Waals surface area contributed by atoms with Crippen molar-refractivity contribution in [1.82, 2.24) is 10.4 Å². The monoisotopic (exact) mass is 244 g/mol. The lowest BCUT2D eigenvalue weighted by Crippen LogP contribution is -2.24. The Balaban J connectivity index is 2.45. The van der Waals surface area contributed by atoms with Crippen molar-refractivity contribution in [2.75, 3.05) is 0 Å². The van der Waals surface area contributed by atoms with Crippen molar-refractivity contribution in [3.05, 3.63) is 41.7 Å². The standard InChI is InChI=1S/C12H12N4S/c1-8-6-9-4-2-3-5-10(9)11(15-8)7-14-16-12(13)17/h2-7H,1H3,(H3,13,16,17)/b14-7+. The van der Waals surface area contributed by atoms with Crippen LogP contribution in [0.4, 0.5) is 0 Å². The molecule has 2 rings (SSSR count). The van der Waals surface area contributed by atoms with Crippen molar-refractivity contribution in [1.29, 1.82) is 0 Å². The summed E-state index contributed by atoms with van der Waals surface area (Å²) in [5, 5.41) is 6.25. The van der Waals surface area contributed by atoms with Gasteiger partial charge >= 0.3 is 0 Å². The van der Waals surface area contributed by atoms with Gasteiger partial charge in [-0.25, -0.2) is 0 Å². The number of nitrogens with one attached hydrogen (secondary N) is 1. The first-order valence-corrected chi connectivity index (χ1v) is 5.52. The van der Waals surface area contributed by atoms with E-state index in [4.69, 9.17) is 5.73 Å². The Morgan fingerprint density at radius 3 is 3.00 bits per heavy atom. The van der Waals surface area contributed by atoms with Gasteiger partial charge < -0.3 is 5.73 Å². The lowest BCUT2D eigenvalue weighted by molar-refractivity contribution is 1.04. The quantitative estimate of drug-likeness (QED) is 0.479. The predicted octanol–water partition coefficient (Wildman–Crippen LogP) is 1.71. The molecule has 0 radical (unpaired) electrons. The minimum atomic E-state index is 0.137. The topological polar surface area (TPSA) is 63.3 Å². The zero-order chi connectivity index (χ0) is 12.3. The van der Waals surface area contributed by atoms with Crippen molar-refractivity contribution in [2.24, 2.45) is 10.8 Å². The molecule has 3 N–H and O–H groups in total. The third kappa shape index (κ3) is 2.76. The number of hydrazone groups is 1. The Bertz CT molecular complexity index is 592. The highest BCUT2D eigenvalue weighted by Gasteiger charge is 2.01. The van der Waals surface area contributed by atoms with Crippen LogP contribution in [0.15, 0.2) is 35.4 Å². The molecule has 1 heterocycles. The maximum Gasteiger partial charge on any atom is 0.184 e. The summed E-state index contributed by atoms with van der Waals surface area (Å²) in [7, 11) is 0. The summed E-state index contributed by atoms with van der Waals surface area (Å²) in [6, 6.07) is 10.0. The van der Waals surface area contributed by atoms with Gasteiger partial charge in [0, 0.05) is 11.1 Å². The summed E-state index contributed by atoms with van der Waals surface area (Å²) in [5.41, 5.74) is 9.54. The second-order valence-corrected chi connectivity index (χ2v) is 4.04. The first kappa shape index (κ1) is 11.5. The van der Waals surface area contributed by atoms with E-state index >= 15 is 0 Å². The van der Waals surface area contributed by atoms with Crippen LogP contribution in [-0.4, -0.2) is 16.3 Å². The number of nitrogens with zero attached hydrogens (tertiary/aromatic N) is 2. The van der Waals surface area contributed by atoms with Crippen LogP contribution in [-0.2, 0) is 0 Å². The third-order valence-electron chi connectivity index (χ3n) is 2.26. The zero-order valence-corrected chi connectivity index (χ0v) is 10.2. The minimum Gasteiger partial charge on any atom is -0.375 e. The van der Waals surface area contributed by atoms with Crippen LogP contribution in [0.5, 0.6) is 0 Å². The largest absolute Gasteiger partial charge is 0.375 e. The van der Waals surface area contributed by atoms with Gasteiger partial charge in [-0.2, -0.15) is 5.10 Å². The van der Waals surface area contributed by atoms with Crippen molar-refractivity contribution in [3.8, 4) is 0 Å². The lowest BCUT2D eigenvalue weighted by atomic mass is 10.1. The number of thiocarbonyl (C=S) groups is 1. The van der Waals surface area contributed by atoms with E-state index in [1.807, 2.05) is 37.3 Å². The number of nitrogens with two attached hydrogens (primary N) is 1. The molecule has 4 nitrogen and oxygen atoms in total. The van der Waals surface area contributed by atoms with E-state index in [1.165, 1.54) is 0 Å². The van der Waals surface area contributed by atoms with E-state index in [0.717, 1.165) is 22.2 Å². The molecular weight excluding hydrogens is 232 g/mol. The highest BCUT2D eigenvalue weighted by Crippen LogP contribution is 2.16. The molecule has 0 aliphatic rings. The van der Waals surface area contributed by atoms with Crippen LogP contribution in [0.25, 0.3) is 10.8 Å². The van der Waals surface area contributed by atoms with Crippen molar-refractivity contribution in [2.45, 2.75) is 6.92 Å². The van der Waals surface area contributed by atoms with E-state index in [1.54, 1.807) is 6.21 Å². The Morgan fingerprint density at radius 1 is 1.47 bits per heavy atom. The Hall–Kier alpha value is -2.01. The number of benzene rings is 1. The summed E-state index contributed by atoms with van der Waals surface area (Å²) in [6.07, 6.45) is 1.62. The smallest absolute Gasteiger partial charge is 0.184 e. The second-order valence-electron chi connectivity index (χ2n) is 3.60. The van der Waals surface area contributed by atoms with Crippen LogP contribution < -0.4 is 11.2 Å². The third-order valence-corrected chi connectivity index (χ3v) is 2.35. The maximum atomic E-state index is 5.29. The summed E-state index contributed by atoms with van der Waals surface area (Å²) >= 11 is 4.67. The number of hydrogen-bond donors (Lipinski definition) is 2. The Labute approximate surface area is 105 Å². The molecule has 0 atom stereocenters.